The minimum Gasteiger partial charge on any atom is -0.511 e. The van der Waals surface area contributed by atoms with Crippen LogP contribution in [0.1, 0.15) is 12.6 Å². The van der Waals surface area contributed by atoms with Gasteiger partial charge in [-0.25, -0.2) is 4.98 Å². The van der Waals surface area contributed by atoms with Gasteiger partial charge in [-0.3, -0.25) is 13.8 Å². The number of para-hydroxylation sites is 2. The number of benzene rings is 1. The van der Waals surface area contributed by atoms with Gasteiger partial charge >= 0.3 is 0 Å². The fourth-order valence-corrected chi connectivity index (χ4v) is 4.88. The third-order valence-corrected chi connectivity index (χ3v) is 6.00. The number of allylic oxidation sites excluding steroid dienone is 1. The third-order valence-electron chi connectivity index (χ3n) is 3.79. The predicted molar refractivity (Wildman–Crippen MR) is 102 cm³/mol. The van der Waals surface area contributed by atoms with Crippen LogP contribution in [0.15, 0.2) is 58.9 Å². The van der Waals surface area contributed by atoms with E-state index in [0.29, 0.717) is 5.16 Å². The first-order chi connectivity index (χ1) is 12.1. The van der Waals surface area contributed by atoms with Crippen LogP contribution in [0.2, 0.25) is 0 Å². The van der Waals surface area contributed by atoms with Gasteiger partial charge in [-0.1, -0.05) is 12.1 Å². The van der Waals surface area contributed by atoms with Gasteiger partial charge in [-0.15, -0.1) is 11.3 Å². The average Bonchev–Trinajstić information content (AvgIpc) is 3.20. The summed E-state index contributed by atoms with van der Waals surface area (Å²) in [6.45, 7) is 1.58. The summed E-state index contributed by atoms with van der Waals surface area (Å²) < 4.78 is 15.8. The van der Waals surface area contributed by atoms with E-state index in [1.165, 1.54) is 0 Å². The minimum absolute atomic E-state index is 0.125. The highest BCUT2D eigenvalue weighted by molar-refractivity contribution is 7.84. The molecule has 0 fully saturated rings. The number of hydrogen-bond acceptors (Lipinski definition) is 5. The highest BCUT2D eigenvalue weighted by Crippen LogP contribution is 2.26. The van der Waals surface area contributed by atoms with Gasteiger partial charge in [0.25, 0.3) is 0 Å². The number of thiophene rings is 1. The average molecular weight is 369 g/mol. The van der Waals surface area contributed by atoms with Gasteiger partial charge in [0.05, 0.1) is 38.0 Å². The van der Waals surface area contributed by atoms with Gasteiger partial charge in [-0.05, 0) is 42.0 Å². The normalized spacial score (nSPS) is 13.6. The summed E-state index contributed by atoms with van der Waals surface area (Å²) in [5.74, 6) is 0.402. The Balaban J connectivity index is 1.80. The quantitative estimate of drug-likeness (QED) is 0.544. The van der Waals surface area contributed by atoms with Crippen LogP contribution in [0.25, 0.3) is 27.3 Å². The van der Waals surface area contributed by atoms with E-state index < -0.39 is 10.8 Å². The van der Waals surface area contributed by atoms with E-state index in [1.54, 1.807) is 35.2 Å². The minimum atomic E-state index is -1.39. The smallest absolute Gasteiger partial charge is 0.204 e. The van der Waals surface area contributed by atoms with Crippen LogP contribution in [0.4, 0.5) is 0 Å². The molecule has 126 valence electrons. The van der Waals surface area contributed by atoms with Gasteiger partial charge in [0, 0.05) is 12.4 Å². The Hall–Kier alpha value is -2.51. The molecule has 7 heteroatoms. The van der Waals surface area contributed by atoms with Crippen molar-refractivity contribution < 1.29 is 9.32 Å². The lowest BCUT2D eigenvalue weighted by Crippen LogP contribution is -2.05. The first-order valence-corrected chi connectivity index (χ1v) is 9.87. The van der Waals surface area contributed by atoms with Crippen LogP contribution in [0, 0.1) is 0 Å². The van der Waals surface area contributed by atoms with Gasteiger partial charge in [0.1, 0.15) is 5.76 Å². The fourth-order valence-electron chi connectivity index (χ4n) is 2.74. The number of hydrogen-bond donors (Lipinski definition) is 1. The molecular weight excluding hydrogens is 354 g/mol. The maximum atomic E-state index is 13.0. The summed E-state index contributed by atoms with van der Waals surface area (Å²) in [5.41, 5.74) is 2.35. The maximum absolute atomic E-state index is 13.0. The Morgan fingerprint density at radius 2 is 2.16 bits per heavy atom. The van der Waals surface area contributed by atoms with E-state index in [4.69, 9.17) is 0 Å². The number of aliphatic hydroxyl groups is 1. The molecule has 0 spiro atoms. The molecule has 0 saturated heterocycles. The highest BCUT2D eigenvalue weighted by atomic mass is 32.2. The van der Waals surface area contributed by atoms with Crippen LogP contribution >= 0.6 is 11.3 Å². The standard InChI is InChI=1S/C18H15N3O2S2/c1-12(22)10-21-16-5-3-2-4-14(16)20-18(21)25(23)11-15-17-13(6-8-19-15)7-9-24-17/h2-10,22H,11H2,1H3. The summed E-state index contributed by atoms with van der Waals surface area (Å²) in [5, 5.41) is 13.2. The summed E-state index contributed by atoms with van der Waals surface area (Å²) >= 11 is 1.59. The molecule has 3 aromatic heterocycles. The Bertz CT molecular complexity index is 1120. The highest BCUT2D eigenvalue weighted by Gasteiger charge is 2.18. The molecule has 0 saturated carbocycles. The van der Waals surface area contributed by atoms with E-state index in [1.807, 2.05) is 41.8 Å². The van der Waals surface area contributed by atoms with E-state index >= 15 is 0 Å². The van der Waals surface area contributed by atoms with E-state index in [-0.39, 0.29) is 11.5 Å². The van der Waals surface area contributed by atoms with Crippen molar-refractivity contribution >= 4 is 49.5 Å². The Labute approximate surface area is 150 Å². The van der Waals surface area contributed by atoms with Gasteiger partial charge < -0.3 is 5.11 Å². The topological polar surface area (TPSA) is 68.0 Å². The first-order valence-electron chi connectivity index (χ1n) is 7.67. The van der Waals surface area contributed by atoms with Crippen LogP contribution in [-0.2, 0) is 16.6 Å². The van der Waals surface area contributed by atoms with Crippen molar-refractivity contribution in [3.63, 3.8) is 0 Å². The lowest BCUT2D eigenvalue weighted by atomic mass is 10.3. The zero-order valence-corrected chi connectivity index (χ0v) is 15.0. The molecule has 1 atom stereocenters. The van der Waals surface area contributed by atoms with Gasteiger partial charge in [0.15, 0.2) is 0 Å². The van der Waals surface area contributed by atoms with Crippen molar-refractivity contribution in [2.45, 2.75) is 17.8 Å². The summed E-state index contributed by atoms with van der Waals surface area (Å²) in [7, 11) is -1.39. The molecule has 0 radical (unpaired) electrons. The second-order valence-corrected chi connectivity index (χ2v) is 7.87. The van der Waals surface area contributed by atoms with Gasteiger partial charge in [0.2, 0.25) is 5.16 Å². The molecular formula is C18H15N3O2S2. The van der Waals surface area contributed by atoms with Gasteiger partial charge in [-0.2, -0.15) is 0 Å². The summed E-state index contributed by atoms with van der Waals surface area (Å²) in [6, 6.07) is 11.5. The zero-order valence-electron chi connectivity index (χ0n) is 13.4. The molecule has 0 aliphatic heterocycles. The first kappa shape index (κ1) is 16.0. The van der Waals surface area contributed by atoms with Crippen molar-refractivity contribution in [2.75, 3.05) is 0 Å². The molecule has 1 unspecified atom stereocenters. The number of imidazole rings is 1. The number of aromatic nitrogens is 3. The molecule has 0 amide bonds. The second kappa shape index (κ2) is 6.42. The van der Waals surface area contributed by atoms with Crippen molar-refractivity contribution in [3.05, 3.63) is 59.4 Å². The molecule has 3 heterocycles. The summed E-state index contributed by atoms with van der Waals surface area (Å²) in [6.07, 6.45) is 3.28. The molecule has 1 N–H and O–H groups in total. The van der Waals surface area contributed by atoms with Crippen molar-refractivity contribution in [1.29, 1.82) is 0 Å². The summed E-state index contributed by atoms with van der Waals surface area (Å²) in [4.78, 5) is 8.92. The number of aliphatic hydroxyl groups excluding tert-OH is 1. The molecule has 4 rings (SSSR count). The number of fused-ring (bicyclic) bond motifs is 2. The van der Waals surface area contributed by atoms with Crippen LogP contribution in [0.3, 0.4) is 0 Å². The fraction of sp³-hybridized carbons (Fsp3) is 0.111. The van der Waals surface area contributed by atoms with Crippen molar-refractivity contribution in [3.8, 4) is 0 Å². The molecule has 25 heavy (non-hydrogen) atoms. The Morgan fingerprint density at radius 1 is 1.32 bits per heavy atom. The number of rotatable bonds is 4. The van der Waals surface area contributed by atoms with Crippen molar-refractivity contribution in [2.24, 2.45) is 0 Å². The molecule has 0 aliphatic carbocycles. The largest absolute Gasteiger partial charge is 0.511 e. The second-order valence-electron chi connectivity index (χ2n) is 5.61. The molecule has 0 bridgehead atoms. The third kappa shape index (κ3) is 2.96. The van der Waals surface area contributed by atoms with E-state index in [0.717, 1.165) is 26.8 Å². The van der Waals surface area contributed by atoms with E-state index in [9.17, 15) is 9.32 Å². The molecule has 0 aliphatic rings. The lowest BCUT2D eigenvalue weighted by Gasteiger charge is -2.05. The van der Waals surface area contributed by atoms with E-state index in [2.05, 4.69) is 9.97 Å². The number of nitrogens with zero attached hydrogens (tertiary/aromatic N) is 3. The zero-order chi connectivity index (χ0) is 17.4. The van der Waals surface area contributed by atoms with Crippen molar-refractivity contribution in [1.82, 2.24) is 14.5 Å². The van der Waals surface area contributed by atoms with Crippen LogP contribution in [-0.4, -0.2) is 23.9 Å². The van der Waals surface area contributed by atoms with Crippen LogP contribution in [0.5, 0.6) is 0 Å². The SMILES string of the molecule is CC(O)=Cn1c(S(=O)Cc2nccc3ccsc23)nc2ccccc21. The molecule has 4 aromatic rings. The Morgan fingerprint density at radius 3 is 3.00 bits per heavy atom. The lowest BCUT2D eigenvalue weighted by molar-refractivity contribution is 0.417. The van der Waals surface area contributed by atoms with Crippen LogP contribution < -0.4 is 0 Å². The Kier molecular flexibility index (Phi) is 4.10. The monoisotopic (exact) mass is 369 g/mol. The molecule has 1 aromatic carbocycles. The number of pyridine rings is 1. The predicted octanol–water partition coefficient (Wildman–Crippen LogP) is 4.33. The maximum Gasteiger partial charge on any atom is 0.204 e. The molecule has 5 nitrogen and oxygen atoms in total.